The average molecular weight is 323 g/mol. The Hall–Kier alpha value is -1.49. The molecule has 0 aliphatic rings. The lowest BCUT2D eigenvalue weighted by molar-refractivity contribution is 0.165. The minimum absolute atomic E-state index is 0.111. The van der Waals surface area contributed by atoms with Gasteiger partial charge in [0.2, 0.25) is 0 Å². The third kappa shape index (κ3) is 4.03. The Bertz CT molecular complexity index is 607. The quantitative estimate of drug-likeness (QED) is 0.848. The van der Waals surface area contributed by atoms with Crippen LogP contribution in [0.2, 0.25) is 5.02 Å². The molecule has 1 aromatic carbocycles. The zero-order chi connectivity index (χ0) is 16.1. The molecule has 0 fully saturated rings. The molecule has 1 aromatic heterocycles. The minimum Gasteiger partial charge on any atom is -0.387 e. The van der Waals surface area contributed by atoms with E-state index in [-0.39, 0.29) is 17.0 Å². The van der Waals surface area contributed by atoms with Crippen LogP contribution in [0.25, 0.3) is 0 Å². The Labute approximate surface area is 135 Å². The number of halogens is 2. The molecule has 0 radical (unpaired) electrons. The lowest BCUT2D eigenvalue weighted by atomic mass is 9.95. The van der Waals surface area contributed by atoms with E-state index < -0.39 is 11.9 Å². The summed E-state index contributed by atoms with van der Waals surface area (Å²) in [5.74, 6) is -0.258. The number of aliphatic hydroxyl groups is 1. The van der Waals surface area contributed by atoms with Crippen LogP contribution in [0.1, 0.15) is 37.1 Å². The number of benzene rings is 1. The largest absolute Gasteiger partial charge is 0.387 e. The molecule has 2 rings (SSSR count). The van der Waals surface area contributed by atoms with E-state index in [1.165, 1.54) is 6.07 Å². The fourth-order valence-electron chi connectivity index (χ4n) is 2.41. The summed E-state index contributed by atoms with van der Waals surface area (Å²) >= 11 is 5.86. The van der Waals surface area contributed by atoms with E-state index in [0.717, 1.165) is 5.56 Å². The number of aromatic nitrogens is 1. The fourth-order valence-corrected chi connectivity index (χ4v) is 2.59. The molecule has 2 atom stereocenters. The van der Waals surface area contributed by atoms with Crippen molar-refractivity contribution in [1.29, 1.82) is 0 Å². The summed E-state index contributed by atoms with van der Waals surface area (Å²) in [6.45, 7) is 4.31. The molecule has 0 aliphatic heterocycles. The number of nitrogens with one attached hydrogen (secondary N) is 1. The monoisotopic (exact) mass is 322 g/mol. The first-order valence-corrected chi connectivity index (χ1v) is 7.63. The van der Waals surface area contributed by atoms with Gasteiger partial charge in [-0.3, -0.25) is 4.98 Å². The van der Waals surface area contributed by atoms with Gasteiger partial charge in [0.15, 0.2) is 0 Å². The summed E-state index contributed by atoms with van der Waals surface area (Å²) < 4.78 is 14.2. The molecule has 5 heteroatoms. The highest BCUT2D eigenvalue weighted by molar-refractivity contribution is 6.30. The molecule has 2 unspecified atom stereocenters. The predicted octanol–water partition coefficient (Wildman–Crippen LogP) is 3.89. The highest BCUT2D eigenvalue weighted by Gasteiger charge is 2.21. The van der Waals surface area contributed by atoms with Crippen LogP contribution in [0.15, 0.2) is 42.7 Å². The summed E-state index contributed by atoms with van der Waals surface area (Å²) in [4.78, 5) is 3.92. The molecule has 1 heterocycles. The average Bonchev–Trinajstić information content (AvgIpc) is 2.51. The van der Waals surface area contributed by atoms with Gasteiger partial charge in [-0.15, -0.1) is 0 Å². The van der Waals surface area contributed by atoms with Crippen LogP contribution in [0, 0.1) is 11.7 Å². The zero-order valence-corrected chi connectivity index (χ0v) is 13.4. The molecule has 2 N–H and O–H groups in total. The van der Waals surface area contributed by atoms with Gasteiger partial charge in [0.25, 0.3) is 0 Å². The zero-order valence-electron chi connectivity index (χ0n) is 12.6. The molecular formula is C17H20ClFN2O. The van der Waals surface area contributed by atoms with Crippen molar-refractivity contribution < 1.29 is 9.50 Å². The maximum Gasteiger partial charge on any atom is 0.146 e. The summed E-state index contributed by atoms with van der Waals surface area (Å²) in [5.41, 5.74) is 1.29. The van der Waals surface area contributed by atoms with Crippen LogP contribution < -0.4 is 5.32 Å². The van der Waals surface area contributed by atoms with Crippen LogP contribution in [0.5, 0.6) is 0 Å². The van der Waals surface area contributed by atoms with Crippen LogP contribution in [-0.2, 0) is 0 Å². The van der Waals surface area contributed by atoms with E-state index in [1.807, 2.05) is 13.8 Å². The number of nitrogens with zero attached hydrogens (tertiary/aromatic N) is 1. The van der Waals surface area contributed by atoms with Gasteiger partial charge in [-0.2, -0.15) is 0 Å². The highest BCUT2D eigenvalue weighted by Crippen LogP contribution is 2.28. The van der Waals surface area contributed by atoms with Crippen LogP contribution >= 0.6 is 11.6 Å². The van der Waals surface area contributed by atoms with E-state index in [2.05, 4.69) is 10.3 Å². The van der Waals surface area contributed by atoms with Crippen molar-refractivity contribution in [2.24, 2.45) is 5.92 Å². The van der Waals surface area contributed by atoms with Crippen molar-refractivity contribution >= 4 is 11.6 Å². The van der Waals surface area contributed by atoms with E-state index in [0.29, 0.717) is 12.1 Å². The number of hydrogen-bond donors (Lipinski definition) is 2. The van der Waals surface area contributed by atoms with E-state index in [9.17, 15) is 9.50 Å². The van der Waals surface area contributed by atoms with Gasteiger partial charge in [-0.1, -0.05) is 37.6 Å². The van der Waals surface area contributed by atoms with Crippen molar-refractivity contribution in [3.63, 3.8) is 0 Å². The number of aliphatic hydroxyl groups excluding tert-OH is 1. The Morgan fingerprint density at radius 2 is 1.91 bits per heavy atom. The first kappa shape index (κ1) is 16.9. The standard InChI is InChI=1S/C17H20ClFN2O/c1-11(2)17(13-4-3-5-14(18)16(13)19)21-10-15(22)12-6-8-20-9-7-12/h3-9,11,15,17,21-22H,10H2,1-2H3. The van der Waals surface area contributed by atoms with Crippen molar-refractivity contribution in [3.05, 3.63) is 64.7 Å². The second-order valence-corrected chi connectivity index (χ2v) is 5.98. The van der Waals surface area contributed by atoms with E-state index >= 15 is 0 Å². The van der Waals surface area contributed by atoms with Crippen molar-refractivity contribution in [2.45, 2.75) is 26.0 Å². The number of pyridine rings is 1. The molecule has 2 aromatic rings. The fraction of sp³-hybridized carbons (Fsp3) is 0.353. The Morgan fingerprint density at radius 3 is 2.55 bits per heavy atom. The highest BCUT2D eigenvalue weighted by atomic mass is 35.5. The molecule has 22 heavy (non-hydrogen) atoms. The number of rotatable bonds is 6. The van der Waals surface area contributed by atoms with Gasteiger partial charge in [-0.05, 0) is 29.7 Å². The smallest absolute Gasteiger partial charge is 0.146 e. The Balaban J connectivity index is 2.11. The van der Waals surface area contributed by atoms with Gasteiger partial charge in [-0.25, -0.2) is 4.39 Å². The van der Waals surface area contributed by atoms with E-state index in [4.69, 9.17) is 11.6 Å². The maximum atomic E-state index is 14.2. The molecule has 118 valence electrons. The van der Waals surface area contributed by atoms with Crippen molar-refractivity contribution in [3.8, 4) is 0 Å². The molecule has 0 amide bonds. The van der Waals surface area contributed by atoms with Crippen LogP contribution in [0.4, 0.5) is 4.39 Å². The van der Waals surface area contributed by atoms with Gasteiger partial charge in [0.05, 0.1) is 11.1 Å². The van der Waals surface area contributed by atoms with E-state index in [1.54, 1.807) is 36.7 Å². The molecule has 0 aliphatic carbocycles. The second kappa shape index (κ2) is 7.68. The van der Waals surface area contributed by atoms with Gasteiger partial charge in [0, 0.05) is 30.5 Å². The molecule has 0 spiro atoms. The lowest BCUT2D eigenvalue weighted by Gasteiger charge is -2.25. The van der Waals surface area contributed by atoms with Gasteiger partial charge < -0.3 is 10.4 Å². The van der Waals surface area contributed by atoms with Crippen LogP contribution in [0.3, 0.4) is 0 Å². The van der Waals surface area contributed by atoms with Crippen molar-refractivity contribution in [2.75, 3.05) is 6.54 Å². The summed E-state index contributed by atoms with van der Waals surface area (Å²) in [5, 5.41) is 13.6. The third-order valence-corrected chi connectivity index (χ3v) is 3.90. The van der Waals surface area contributed by atoms with Crippen LogP contribution in [-0.4, -0.2) is 16.6 Å². The summed E-state index contributed by atoms with van der Waals surface area (Å²) in [6, 6.07) is 8.28. The maximum absolute atomic E-state index is 14.2. The number of hydrogen-bond acceptors (Lipinski definition) is 3. The minimum atomic E-state index is -0.675. The molecule has 0 bridgehead atoms. The lowest BCUT2D eigenvalue weighted by Crippen LogP contribution is -2.30. The third-order valence-electron chi connectivity index (χ3n) is 3.61. The summed E-state index contributed by atoms with van der Waals surface area (Å²) in [6.07, 6.45) is 2.59. The SMILES string of the molecule is CC(C)C(NCC(O)c1ccncc1)c1cccc(Cl)c1F. The molecule has 3 nitrogen and oxygen atoms in total. The molecular weight excluding hydrogens is 303 g/mol. The normalized spacial score (nSPS) is 14.1. The van der Waals surface area contributed by atoms with Gasteiger partial charge in [0.1, 0.15) is 5.82 Å². The Kier molecular flexibility index (Phi) is 5.89. The second-order valence-electron chi connectivity index (χ2n) is 5.57. The first-order chi connectivity index (χ1) is 10.5. The van der Waals surface area contributed by atoms with Crippen molar-refractivity contribution in [1.82, 2.24) is 10.3 Å². The Morgan fingerprint density at radius 1 is 1.23 bits per heavy atom. The molecule has 0 saturated heterocycles. The predicted molar refractivity (Wildman–Crippen MR) is 86.2 cm³/mol. The summed E-state index contributed by atoms with van der Waals surface area (Å²) in [7, 11) is 0. The first-order valence-electron chi connectivity index (χ1n) is 7.26. The van der Waals surface area contributed by atoms with Gasteiger partial charge >= 0.3 is 0 Å². The molecule has 0 saturated carbocycles. The topological polar surface area (TPSA) is 45.1 Å².